The first-order valence-corrected chi connectivity index (χ1v) is 5.55. The quantitative estimate of drug-likeness (QED) is 0.776. The van der Waals surface area contributed by atoms with E-state index in [1.807, 2.05) is 19.6 Å². The minimum atomic E-state index is 0.639. The number of hydrogen-bond acceptors (Lipinski definition) is 2. The standard InChI is InChI=1S/C12H17NO/c1-13-6-11-10-8-14-7-9(10)2-3-12(11)4-5-12/h7-8,11,13H,2-6H2,1H3. The summed E-state index contributed by atoms with van der Waals surface area (Å²) in [6.45, 7) is 1.10. The first kappa shape index (κ1) is 8.54. The second kappa shape index (κ2) is 2.86. The molecule has 1 heterocycles. The minimum Gasteiger partial charge on any atom is -0.472 e. The maximum atomic E-state index is 5.34. The van der Waals surface area contributed by atoms with Crippen LogP contribution in [0.3, 0.4) is 0 Å². The van der Waals surface area contributed by atoms with E-state index >= 15 is 0 Å². The highest BCUT2D eigenvalue weighted by molar-refractivity contribution is 5.33. The number of nitrogens with one attached hydrogen (secondary N) is 1. The number of furan rings is 1. The first-order chi connectivity index (χ1) is 6.86. The van der Waals surface area contributed by atoms with Gasteiger partial charge in [0.25, 0.3) is 0 Å². The number of aryl methyl sites for hydroxylation is 1. The average Bonchev–Trinajstić information content (AvgIpc) is 2.79. The molecule has 14 heavy (non-hydrogen) atoms. The SMILES string of the molecule is CNCC1c2cocc2CCC12CC2. The molecule has 1 fully saturated rings. The Morgan fingerprint density at radius 1 is 1.43 bits per heavy atom. The molecule has 0 radical (unpaired) electrons. The summed E-state index contributed by atoms with van der Waals surface area (Å²) in [6, 6.07) is 0. The molecule has 1 N–H and O–H groups in total. The zero-order chi connectivity index (χ0) is 9.60. The van der Waals surface area contributed by atoms with Crippen LogP contribution in [0.1, 0.15) is 36.3 Å². The van der Waals surface area contributed by atoms with Crippen molar-refractivity contribution in [3.8, 4) is 0 Å². The summed E-state index contributed by atoms with van der Waals surface area (Å²) in [5.74, 6) is 0.704. The molecule has 76 valence electrons. The van der Waals surface area contributed by atoms with Crippen molar-refractivity contribution in [2.75, 3.05) is 13.6 Å². The monoisotopic (exact) mass is 191 g/mol. The maximum Gasteiger partial charge on any atom is 0.0940 e. The first-order valence-electron chi connectivity index (χ1n) is 5.55. The molecule has 2 aliphatic rings. The lowest BCUT2D eigenvalue weighted by Gasteiger charge is -2.31. The Morgan fingerprint density at radius 2 is 2.29 bits per heavy atom. The Bertz CT molecular complexity index is 338. The van der Waals surface area contributed by atoms with Gasteiger partial charge in [-0.1, -0.05) is 0 Å². The molecule has 0 bridgehead atoms. The lowest BCUT2D eigenvalue weighted by Crippen LogP contribution is -2.29. The van der Waals surface area contributed by atoms with Crippen LogP contribution >= 0.6 is 0 Å². The highest BCUT2D eigenvalue weighted by Gasteiger charge is 2.51. The molecule has 0 aromatic carbocycles. The van der Waals surface area contributed by atoms with Crippen molar-refractivity contribution in [3.63, 3.8) is 0 Å². The number of hydrogen-bond donors (Lipinski definition) is 1. The summed E-state index contributed by atoms with van der Waals surface area (Å²) >= 11 is 0. The lowest BCUT2D eigenvalue weighted by molar-refractivity contribution is 0.340. The Morgan fingerprint density at radius 3 is 3.00 bits per heavy atom. The van der Waals surface area contributed by atoms with Gasteiger partial charge in [-0.25, -0.2) is 0 Å². The fourth-order valence-corrected chi connectivity index (χ4v) is 3.02. The van der Waals surface area contributed by atoms with Crippen LogP contribution in [0, 0.1) is 5.41 Å². The van der Waals surface area contributed by atoms with Crippen LogP contribution in [-0.2, 0) is 6.42 Å². The van der Waals surface area contributed by atoms with Gasteiger partial charge in [0.2, 0.25) is 0 Å². The van der Waals surface area contributed by atoms with Gasteiger partial charge in [-0.2, -0.15) is 0 Å². The molecule has 1 aromatic rings. The Hall–Kier alpha value is -0.760. The van der Waals surface area contributed by atoms with Gasteiger partial charge in [0.15, 0.2) is 0 Å². The van der Waals surface area contributed by atoms with E-state index in [9.17, 15) is 0 Å². The molecule has 3 rings (SSSR count). The van der Waals surface area contributed by atoms with Crippen molar-refractivity contribution in [3.05, 3.63) is 23.7 Å². The normalized spacial score (nSPS) is 27.6. The average molecular weight is 191 g/mol. The number of rotatable bonds is 2. The third-order valence-electron chi connectivity index (χ3n) is 4.08. The summed E-state index contributed by atoms with van der Waals surface area (Å²) in [5.41, 5.74) is 3.56. The van der Waals surface area contributed by atoms with E-state index in [2.05, 4.69) is 5.32 Å². The molecular formula is C12H17NO. The van der Waals surface area contributed by atoms with E-state index in [0.717, 1.165) is 6.54 Å². The topological polar surface area (TPSA) is 25.2 Å². The molecule has 0 saturated heterocycles. The van der Waals surface area contributed by atoms with E-state index in [0.29, 0.717) is 11.3 Å². The van der Waals surface area contributed by atoms with Crippen molar-refractivity contribution in [1.29, 1.82) is 0 Å². The van der Waals surface area contributed by atoms with Gasteiger partial charge >= 0.3 is 0 Å². The van der Waals surface area contributed by atoms with E-state index in [1.54, 1.807) is 0 Å². The molecule has 1 aromatic heterocycles. The number of fused-ring (bicyclic) bond motifs is 1. The fraction of sp³-hybridized carbons (Fsp3) is 0.667. The van der Waals surface area contributed by atoms with E-state index < -0.39 is 0 Å². The minimum absolute atomic E-state index is 0.639. The van der Waals surface area contributed by atoms with Crippen molar-refractivity contribution in [2.24, 2.45) is 5.41 Å². The predicted octanol–water partition coefficient (Wildman–Crippen LogP) is 2.31. The summed E-state index contributed by atoms with van der Waals surface area (Å²) in [6.07, 6.45) is 9.34. The van der Waals surface area contributed by atoms with Crippen LogP contribution in [0.5, 0.6) is 0 Å². The van der Waals surface area contributed by atoms with Crippen LogP contribution in [0.2, 0.25) is 0 Å². The van der Waals surface area contributed by atoms with Gasteiger partial charge in [0.05, 0.1) is 12.5 Å². The van der Waals surface area contributed by atoms with Gasteiger partial charge in [-0.05, 0) is 49.3 Å². The summed E-state index contributed by atoms with van der Waals surface area (Å²) in [7, 11) is 2.05. The van der Waals surface area contributed by atoms with Gasteiger partial charge in [-0.3, -0.25) is 0 Å². The zero-order valence-electron chi connectivity index (χ0n) is 8.68. The highest BCUT2D eigenvalue weighted by Crippen LogP contribution is 2.61. The van der Waals surface area contributed by atoms with Gasteiger partial charge < -0.3 is 9.73 Å². The maximum absolute atomic E-state index is 5.34. The Labute approximate surface area is 84.7 Å². The molecule has 1 atom stereocenters. The third kappa shape index (κ3) is 1.07. The lowest BCUT2D eigenvalue weighted by atomic mass is 9.74. The largest absolute Gasteiger partial charge is 0.472 e. The second-order valence-corrected chi connectivity index (χ2v) is 4.83. The van der Waals surface area contributed by atoms with Gasteiger partial charge in [-0.15, -0.1) is 0 Å². The van der Waals surface area contributed by atoms with Crippen molar-refractivity contribution in [1.82, 2.24) is 5.32 Å². The zero-order valence-corrected chi connectivity index (χ0v) is 8.68. The third-order valence-corrected chi connectivity index (χ3v) is 4.08. The van der Waals surface area contributed by atoms with E-state index in [-0.39, 0.29) is 0 Å². The predicted molar refractivity (Wildman–Crippen MR) is 55.4 cm³/mol. The Kier molecular flexibility index (Phi) is 1.75. The highest BCUT2D eigenvalue weighted by atomic mass is 16.3. The van der Waals surface area contributed by atoms with Crippen LogP contribution < -0.4 is 5.32 Å². The fourth-order valence-electron chi connectivity index (χ4n) is 3.02. The summed E-state index contributed by atoms with van der Waals surface area (Å²) < 4.78 is 5.34. The summed E-state index contributed by atoms with van der Waals surface area (Å²) in [4.78, 5) is 0. The molecule has 2 heteroatoms. The van der Waals surface area contributed by atoms with E-state index in [4.69, 9.17) is 4.42 Å². The van der Waals surface area contributed by atoms with Crippen molar-refractivity contribution < 1.29 is 4.42 Å². The van der Waals surface area contributed by atoms with Gasteiger partial charge in [0.1, 0.15) is 0 Å². The molecule has 0 amide bonds. The molecule has 2 aliphatic carbocycles. The molecular weight excluding hydrogens is 174 g/mol. The summed E-state index contributed by atoms with van der Waals surface area (Å²) in [5, 5.41) is 3.32. The number of likely N-dealkylation sites (N-methyl/N-ethyl adjacent to an activating group) is 1. The van der Waals surface area contributed by atoms with Crippen molar-refractivity contribution >= 4 is 0 Å². The van der Waals surface area contributed by atoms with Crippen LogP contribution in [0.15, 0.2) is 16.9 Å². The van der Waals surface area contributed by atoms with Crippen LogP contribution in [0.25, 0.3) is 0 Å². The molecule has 1 unspecified atom stereocenters. The Balaban J connectivity index is 1.97. The van der Waals surface area contributed by atoms with Crippen LogP contribution in [0.4, 0.5) is 0 Å². The van der Waals surface area contributed by atoms with E-state index in [1.165, 1.54) is 36.8 Å². The molecule has 1 saturated carbocycles. The molecule has 2 nitrogen and oxygen atoms in total. The van der Waals surface area contributed by atoms with Crippen molar-refractivity contribution in [2.45, 2.75) is 31.6 Å². The van der Waals surface area contributed by atoms with Gasteiger partial charge in [0, 0.05) is 12.5 Å². The van der Waals surface area contributed by atoms with Crippen LogP contribution in [-0.4, -0.2) is 13.6 Å². The molecule has 1 spiro atoms. The second-order valence-electron chi connectivity index (χ2n) is 4.83. The molecule has 0 aliphatic heterocycles. The smallest absolute Gasteiger partial charge is 0.0940 e.